The summed E-state index contributed by atoms with van der Waals surface area (Å²) >= 11 is 0. The number of rotatable bonds is 4. The number of nitrogens with zero attached hydrogens (tertiary/aromatic N) is 1. The lowest BCUT2D eigenvalue weighted by atomic mass is 9.91. The Morgan fingerprint density at radius 2 is 2.09 bits per heavy atom. The molecule has 0 aromatic heterocycles. The van der Waals surface area contributed by atoms with E-state index in [4.69, 9.17) is 10.2 Å². The second-order valence-electron chi connectivity index (χ2n) is 7.38. The first kappa shape index (κ1) is 16.8. The Bertz CT molecular complexity index is 555. The van der Waals surface area contributed by atoms with Crippen LogP contribution < -0.4 is 11.1 Å². The van der Waals surface area contributed by atoms with Crippen molar-refractivity contribution in [2.45, 2.75) is 53.1 Å². The number of nitrogen functional groups attached to an aromatic ring is 1. The van der Waals surface area contributed by atoms with Crippen LogP contribution in [0.5, 0.6) is 0 Å². The summed E-state index contributed by atoms with van der Waals surface area (Å²) in [6, 6.07) is 5.53. The maximum Gasteiger partial charge on any atom is 0.324 e. The number of carbonyl (C=O) groups is 1. The zero-order chi connectivity index (χ0) is 16.5. The van der Waals surface area contributed by atoms with Crippen molar-refractivity contribution in [2.24, 2.45) is 5.41 Å². The van der Waals surface area contributed by atoms with Crippen molar-refractivity contribution < 1.29 is 9.22 Å². The molecule has 0 saturated carbocycles. The van der Waals surface area contributed by atoms with E-state index in [1.807, 2.05) is 12.1 Å². The van der Waals surface area contributed by atoms with Crippen LogP contribution in [-0.4, -0.2) is 26.2 Å². The Balaban J connectivity index is 2.24. The minimum Gasteiger partial charge on any atom is -0.401 e. The van der Waals surface area contributed by atoms with Crippen molar-refractivity contribution >= 4 is 26.4 Å². The number of nitrogens with one attached hydrogen (secondary N) is 1. The van der Waals surface area contributed by atoms with Crippen molar-refractivity contribution in [2.75, 3.05) is 11.1 Å². The maximum atomic E-state index is 12.5. The van der Waals surface area contributed by atoms with Gasteiger partial charge < -0.3 is 15.5 Å². The number of urea groups is 1. The molecule has 22 heavy (non-hydrogen) atoms. The summed E-state index contributed by atoms with van der Waals surface area (Å²) in [5.41, 5.74) is 8.41. The van der Waals surface area contributed by atoms with E-state index in [2.05, 4.69) is 39.2 Å². The van der Waals surface area contributed by atoms with Crippen molar-refractivity contribution in [1.29, 1.82) is 0 Å². The number of carbonyl (C=O) groups excluding carboxylic acids is 1. The molecule has 1 atom stereocenters. The Morgan fingerprint density at radius 1 is 1.41 bits per heavy atom. The average molecular weight is 321 g/mol. The molecule has 1 aromatic carbocycles. The number of hydrogen-bond acceptors (Lipinski definition) is 3. The maximum absolute atomic E-state index is 12.5. The molecule has 6 heteroatoms. The largest absolute Gasteiger partial charge is 0.401 e. The van der Waals surface area contributed by atoms with Gasteiger partial charge in [0, 0.05) is 11.4 Å². The monoisotopic (exact) mass is 321 g/mol. The van der Waals surface area contributed by atoms with Crippen molar-refractivity contribution in [3.8, 4) is 0 Å². The fraction of sp³-hybridized carbons (Fsp3) is 0.562. The molecule has 1 heterocycles. The third-order valence-electron chi connectivity index (χ3n) is 3.54. The molecule has 1 unspecified atom stereocenters. The Kier molecular flexibility index (Phi) is 4.82. The molecule has 5 nitrogen and oxygen atoms in total. The highest BCUT2D eigenvalue weighted by Crippen LogP contribution is 2.31. The number of benzene rings is 1. The van der Waals surface area contributed by atoms with E-state index in [1.165, 1.54) is 0 Å². The molecule has 3 N–H and O–H groups in total. The molecule has 0 aliphatic carbocycles. The van der Waals surface area contributed by atoms with Gasteiger partial charge in [-0.15, -0.1) is 0 Å². The van der Waals surface area contributed by atoms with Gasteiger partial charge in [0.15, 0.2) is 9.04 Å². The highest BCUT2D eigenvalue weighted by Gasteiger charge is 2.32. The highest BCUT2D eigenvalue weighted by molar-refractivity contribution is 6.48. The predicted octanol–water partition coefficient (Wildman–Crippen LogP) is 3.38. The summed E-state index contributed by atoms with van der Waals surface area (Å²) in [7, 11) is -1.25. The molecular formula is C16H27N3O2Si. The average Bonchev–Trinajstić information content (AvgIpc) is 2.34. The van der Waals surface area contributed by atoms with Crippen LogP contribution in [0.25, 0.3) is 0 Å². The highest BCUT2D eigenvalue weighted by atomic mass is 28.3. The Morgan fingerprint density at radius 3 is 2.68 bits per heavy atom. The smallest absolute Gasteiger partial charge is 0.324 e. The fourth-order valence-corrected chi connectivity index (χ4v) is 3.46. The number of amides is 2. The van der Waals surface area contributed by atoms with Gasteiger partial charge in [-0.3, -0.25) is 4.90 Å². The van der Waals surface area contributed by atoms with Gasteiger partial charge in [0.25, 0.3) is 0 Å². The van der Waals surface area contributed by atoms with Crippen LogP contribution in [0.15, 0.2) is 18.2 Å². The molecular weight excluding hydrogens is 294 g/mol. The molecule has 0 spiro atoms. The second-order valence-corrected chi connectivity index (χ2v) is 9.75. The first-order valence-electron chi connectivity index (χ1n) is 7.77. The molecule has 2 rings (SSSR count). The van der Waals surface area contributed by atoms with E-state index in [-0.39, 0.29) is 17.7 Å². The summed E-state index contributed by atoms with van der Waals surface area (Å²) in [6.45, 7) is 11.3. The topological polar surface area (TPSA) is 67.6 Å². The third kappa shape index (κ3) is 4.24. The van der Waals surface area contributed by atoms with E-state index < -0.39 is 9.04 Å². The molecule has 1 aliphatic rings. The van der Waals surface area contributed by atoms with Gasteiger partial charge in [-0.2, -0.15) is 0 Å². The van der Waals surface area contributed by atoms with Crippen LogP contribution in [0.4, 0.5) is 16.2 Å². The number of nitrogens with two attached hydrogens (primary N) is 1. The summed E-state index contributed by atoms with van der Waals surface area (Å²) in [5, 5.41) is 2.93. The predicted molar refractivity (Wildman–Crippen MR) is 93.2 cm³/mol. The molecule has 1 aromatic rings. The number of hydrogen-bond donors (Lipinski definition) is 2. The Hall–Kier alpha value is -1.53. The van der Waals surface area contributed by atoms with Crippen LogP contribution in [0.2, 0.25) is 13.1 Å². The van der Waals surface area contributed by atoms with E-state index in [9.17, 15) is 4.79 Å². The molecule has 122 valence electrons. The standard InChI is InChI=1S/C16H27N3O2Si/c1-16(2,3)9-14(21-22(4)5)19-10-11-6-7-12(17)8-13(11)18-15(19)20/h6-8,14,22H,9-10,17H2,1-5H3,(H,18,20). The molecule has 0 fully saturated rings. The van der Waals surface area contributed by atoms with Gasteiger partial charge in [0.2, 0.25) is 0 Å². The van der Waals surface area contributed by atoms with Gasteiger partial charge in [-0.25, -0.2) is 4.79 Å². The van der Waals surface area contributed by atoms with Crippen LogP contribution in [0.1, 0.15) is 32.8 Å². The Labute approximate surface area is 134 Å². The fourth-order valence-electron chi connectivity index (χ4n) is 2.59. The van der Waals surface area contributed by atoms with Gasteiger partial charge in [-0.05, 0) is 42.6 Å². The quantitative estimate of drug-likeness (QED) is 0.660. The lowest BCUT2D eigenvalue weighted by Gasteiger charge is -2.39. The van der Waals surface area contributed by atoms with Crippen molar-refractivity contribution in [1.82, 2.24) is 4.90 Å². The van der Waals surface area contributed by atoms with Crippen LogP contribution in [-0.2, 0) is 11.0 Å². The van der Waals surface area contributed by atoms with E-state index in [0.29, 0.717) is 12.2 Å². The van der Waals surface area contributed by atoms with Gasteiger partial charge in [0.05, 0.1) is 6.54 Å². The third-order valence-corrected chi connectivity index (χ3v) is 4.40. The number of anilines is 2. The first-order chi connectivity index (χ1) is 10.2. The van der Waals surface area contributed by atoms with E-state index >= 15 is 0 Å². The lowest BCUT2D eigenvalue weighted by molar-refractivity contribution is 0.0187. The summed E-state index contributed by atoms with van der Waals surface area (Å²) in [4.78, 5) is 14.3. The number of fused-ring (bicyclic) bond motifs is 1. The molecule has 1 aliphatic heterocycles. The second kappa shape index (κ2) is 6.30. The van der Waals surface area contributed by atoms with Crippen LogP contribution >= 0.6 is 0 Å². The zero-order valence-electron chi connectivity index (χ0n) is 14.1. The normalized spacial score (nSPS) is 16.5. The first-order valence-corrected chi connectivity index (χ1v) is 10.6. The minimum atomic E-state index is -1.25. The molecule has 0 radical (unpaired) electrons. The summed E-state index contributed by atoms with van der Waals surface area (Å²) in [6.07, 6.45) is 0.632. The molecule has 0 saturated heterocycles. The SMILES string of the molecule is C[SiH](C)OC(CC(C)(C)C)N1Cc2ccc(N)cc2NC1=O. The van der Waals surface area contributed by atoms with Crippen molar-refractivity contribution in [3.05, 3.63) is 23.8 Å². The van der Waals surface area contributed by atoms with E-state index in [0.717, 1.165) is 17.7 Å². The van der Waals surface area contributed by atoms with Gasteiger partial charge in [0.1, 0.15) is 6.23 Å². The van der Waals surface area contributed by atoms with Crippen LogP contribution in [0, 0.1) is 5.41 Å². The van der Waals surface area contributed by atoms with Gasteiger partial charge in [-0.1, -0.05) is 26.8 Å². The molecule has 2 amide bonds. The summed E-state index contributed by atoms with van der Waals surface area (Å²) in [5.74, 6) is 0. The summed E-state index contributed by atoms with van der Waals surface area (Å²) < 4.78 is 6.15. The van der Waals surface area contributed by atoms with E-state index in [1.54, 1.807) is 11.0 Å². The lowest BCUT2D eigenvalue weighted by Crippen LogP contribution is -2.49. The molecule has 0 bridgehead atoms. The van der Waals surface area contributed by atoms with Crippen LogP contribution in [0.3, 0.4) is 0 Å². The van der Waals surface area contributed by atoms with Crippen molar-refractivity contribution in [3.63, 3.8) is 0 Å². The zero-order valence-corrected chi connectivity index (χ0v) is 15.3. The minimum absolute atomic E-state index is 0.0929. The van der Waals surface area contributed by atoms with Gasteiger partial charge >= 0.3 is 6.03 Å².